The fourth-order valence-corrected chi connectivity index (χ4v) is 6.48. The van der Waals surface area contributed by atoms with E-state index in [2.05, 4.69) is 0 Å². The lowest BCUT2D eigenvalue weighted by molar-refractivity contribution is -0.870. The van der Waals surface area contributed by atoms with Crippen LogP contribution in [0.1, 0.15) is 41.4 Å². The van der Waals surface area contributed by atoms with Crippen molar-refractivity contribution in [3.8, 4) is 11.5 Å². The van der Waals surface area contributed by atoms with Gasteiger partial charge in [-0.05, 0) is 41.1 Å². The van der Waals surface area contributed by atoms with Crippen molar-refractivity contribution >= 4 is 56.5 Å². The number of nitrogens with zero attached hydrogens (tertiary/aromatic N) is 4. The molecule has 0 saturated heterocycles. The number of hydrogen-bond donors (Lipinski definition) is 0. The molecule has 7 rings (SSSR count). The molecule has 0 atom stereocenters. The molecule has 5 aromatic rings. The second-order valence-corrected chi connectivity index (χ2v) is 14.8. The maximum Gasteiger partial charge on any atom is 0.266 e. The van der Waals surface area contributed by atoms with E-state index in [1.165, 1.54) is 6.07 Å². The van der Waals surface area contributed by atoms with Gasteiger partial charge in [0.25, 0.3) is 23.6 Å². The van der Waals surface area contributed by atoms with Crippen LogP contribution in [0, 0.1) is 0 Å². The minimum Gasteiger partial charge on any atom is -0.485 e. The fourth-order valence-electron chi connectivity index (χ4n) is 6.48. The van der Waals surface area contributed by atoms with E-state index in [1.807, 2.05) is 66.6 Å². The molecule has 0 N–H and O–H groups in total. The van der Waals surface area contributed by atoms with Crippen LogP contribution in [0.15, 0.2) is 84.9 Å². The summed E-state index contributed by atoms with van der Waals surface area (Å²) in [5, 5.41) is 2.72. The second kappa shape index (κ2) is 12.1. The quantitative estimate of drug-likeness (QED) is 0.138. The number of likely N-dealkylation sites (N-methyl/N-ethyl adjacent to an activating group) is 2. The third kappa shape index (κ3) is 5.76. The van der Waals surface area contributed by atoms with Gasteiger partial charge in [-0.3, -0.25) is 19.2 Å². The first-order valence-electron chi connectivity index (χ1n) is 16.6. The lowest BCUT2D eigenvalue weighted by Crippen LogP contribution is -2.43. The molecule has 2 aliphatic heterocycles. The van der Waals surface area contributed by atoms with Gasteiger partial charge in [0, 0.05) is 39.1 Å². The topological polar surface area (TPSA) is 93.2 Å². The zero-order valence-corrected chi connectivity index (χ0v) is 29.1. The molecule has 0 radical (unpaired) electrons. The lowest BCUT2D eigenvalue weighted by atomic mass is 9.93. The van der Waals surface area contributed by atoms with Crippen molar-refractivity contribution in [2.45, 2.75) is 0 Å². The number of quaternary nitrogens is 2. The molecule has 254 valence electrons. The van der Waals surface area contributed by atoms with Crippen molar-refractivity contribution in [2.24, 2.45) is 0 Å². The summed E-state index contributed by atoms with van der Waals surface area (Å²) in [5.41, 5.74) is 1.69. The maximum absolute atomic E-state index is 14.3. The Bertz CT molecular complexity index is 1990. The van der Waals surface area contributed by atoms with Crippen LogP contribution in [0.4, 0.5) is 11.4 Å². The smallest absolute Gasteiger partial charge is 0.266 e. The standard InChI is InChI=1S/C40H40N4O6/c1-43(2,3)19-21-49-33-24-34(50-22-20-44(4,5)6)32(42-39(47)29-17-9-13-26-14-10-18-30(36(26)29)40(42)48)23-31(33)41-37(45)27-15-7-11-25-12-8-16-28(35(25)27)38(41)46/h7-18,23-24H,19-22H2,1-6H3/q+2. The summed E-state index contributed by atoms with van der Waals surface area (Å²) in [6, 6.07) is 24.5. The predicted molar refractivity (Wildman–Crippen MR) is 193 cm³/mol. The summed E-state index contributed by atoms with van der Waals surface area (Å²) in [5.74, 6) is -1.71. The average molecular weight is 673 g/mol. The van der Waals surface area contributed by atoms with E-state index >= 15 is 0 Å². The number of carbonyl (C=O) groups excluding carboxylic acids is 4. The predicted octanol–water partition coefficient (Wildman–Crippen LogP) is 5.76. The number of anilines is 2. The van der Waals surface area contributed by atoms with Crippen molar-refractivity contribution in [2.75, 3.05) is 78.4 Å². The maximum atomic E-state index is 14.3. The van der Waals surface area contributed by atoms with Gasteiger partial charge in [0.05, 0.1) is 53.7 Å². The van der Waals surface area contributed by atoms with Crippen LogP contribution >= 0.6 is 0 Å². The number of hydrogen-bond acceptors (Lipinski definition) is 6. The molecule has 0 unspecified atom stereocenters. The third-order valence-corrected chi connectivity index (χ3v) is 9.11. The molecule has 0 bridgehead atoms. The third-order valence-electron chi connectivity index (χ3n) is 9.11. The van der Waals surface area contributed by atoms with Crippen LogP contribution in [0.5, 0.6) is 11.5 Å². The average Bonchev–Trinajstić information content (AvgIpc) is 3.06. The largest absolute Gasteiger partial charge is 0.485 e. The van der Waals surface area contributed by atoms with Crippen molar-refractivity contribution in [3.63, 3.8) is 0 Å². The molecule has 50 heavy (non-hydrogen) atoms. The molecule has 5 aromatic carbocycles. The van der Waals surface area contributed by atoms with Gasteiger partial charge < -0.3 is 18.4 Å². The molecule has 0 aliphatic carbocycles. The van der Waals surface area contributed by atoms with Crippen molar-refractivity contribution in [1.82, 2.24) is 0 Å². The van der Waals surface area contributed by atoms with E-state index in [-0.39, 0.29) is 36.1 Å². The van der Waals surface area contributed by atoms with Crippen LogP contribution in [-0.2, 0) is 0 Å². The van der Waals surface area contributed by atoms with E-state index < -0.39 is 23.6 Å². The van der Waals surface area contributed by atoms with Crippen LogP contribution in [0.3, 0.4) is 0 Å². The SMILES string of the molecule is C[N+](C)(C)CCOc1cc(OCC[N+](C)(C)C)c(N2C(=O)c3cccc4cccc(c34)C2=O)cc1N1C(=O)c2cccc3cccc(c23)C1=O. The first-order valence-corrected chi connectivity index (χ1v) is 16.6. The number of imide groups is 2. The first-order chi connectivity index (χ1) is 23.7. The first kappa shape index (κ1) is 32.9. The number of amides is 4. The lowest BCUT2D eigenvalue weighted by Gasteiger charge is -2.32. The number of ether oxygens (including phenoxy) is 2. The molecule has 0 fully saturated rings. The van der Waals surface area contributed by atoms with Gasteiger partial charge in [-0.2, -0.15) is 0 Å². The Morgan fingerprint density at radius 3 is 1.10 bits per heavy atom. The van der Waals surface area contributed by atoms with Crippen LogP contribution in [-0.4, -0.2) is 101 Å². The molecule has 2 heterocycles. The van der Waals surface area contributed by atoms with Crippen LogP contribution in [0.25, 0.3) is 21.5 Å². The molecule has 10 heteroatoms. The van der Waals surface area contributed by atoms with Crippen LogP contribution in [0.2, 0.25) is 0 Å². The summed E-state index contributed by atoms with van der Waals surface area (Å²) in [6.07, 6.45) is 0. The van der Waals surface area contributed by atoms with Gasteiger partial charge in [0.15, 0.2) is 0 Å². The summed E-state index contributed by atoms with van der Waals surface area (Å²) in [6.45, 7) is 1.75. The fraction of sp³-hybridized carbons (Fsp3) is 0.250. The number of carbonyl (C=O) groups is 4. The molecule has 4 amide bonds. The Hall–Kier alpha value is -5.58. The Morgan fingerprint density at radius 2 is 0.800 bits per heavy atom. The summed E-state index contributed by atoms with van der Waals surface area (Å²) < 4.78 is 14.0. The van der Waals surface area contributed by atoms with Gasteiger partial charge in [-0.25, -0.2) is 9.80 Å². The minimum atomic E-state index is -0.535. The van der Waals surface area contributed by atoms with Crippen LogP contribution < -0.4 is 19.3 Å². The Balaban J connectivity index is 1.43. The van der Waals surface area contributed by atoms with Crippen molar-refractivity contribution < 1.29 is 37.6 Å². The van der Waals surface area contributed by atoms with Crippen molar-refractivity contribution in [1.29, 1.82) is 0 Å². The van der Waals surface area contributed by atoms with Crippen molar-refractivity contribution in [3.05, 3.63) is 107 Å². The summed E-state index contributed by atoms with van der Waals surface area (Å²) in [4.78, 5) is 59.5. The molecule has 2 aliphatic rings. The summed E-state index contributed by atoms with van der Waals surface area (Å²) >= 11 is 0. The Kier molecular flexibility index (Phi) is 7.96. The molecular formula is C40H40N4O6+2. The molecule has 0 saturated carbocycles. The molecule has 10 nitrogen and oxygen atoms in total. The highest BCUT2D eigenvalue weighted by Gasteiger charge is 2.40. The number of rotatable bonds is 10. The summed E-state index contributed by atoms with van der Waals surface area (Å²) in [7, 11) is 12.2. The second-order valence-electron chi connectivity index (χ2n) is 14.8. The molecule has 0 aromatic heterocycles. The Morgan fingerprint density at radius 1 is 0.480 bits per heavy atom. The van der Waals surface area contributed by atoms with E-state index in [0.717, 1.165) is 20.6 Å². The van der Waals surface area contributed by atoms with E-state index in [9.17, 15) is 19.2 Å². The zero-order valence-electron chi connectivity index (χ0n) is 29.1. The van der Waals surface area contributed by atoms with E-state index in [0.29, 0.717) is 55.1 Å². The van der Waals surface area contributed by atoms with E-state index in [4.69, 9.17) is 9.47 Å². The zero-order chi connectivity index (χ0) is 35.5. The van der Waals surface area contributed by atoms with Gasteiger partial charge in [0.1, 0.15) is 37.8 Å². The Labute approximate surface area is 290 Å². The highest BCUT2D eigenvalue weighted by molar-refractivity contribution is 6.38. The van der Waals surface area contributed by atoms with E-state index in [1.54, 1.807) is 54.6 Å². The molecule has 0 spiro atoms. The van der Waals surface area contributed by atoms with Gasteiger partial charge in [0.2, 0.25) is 0 Å². The monoisotopic (exact) mass is 672 g/mol. The van der Waals surface area contributed by atoms with Gasteiger partial charge in [-0.15, -0.1) is 0 Å². The number of benzene rings is 5. The van der Waals surface area contributed by atoms with Gasteiger partial charge >= 0.3 is 0 Å². The molecular weight excluding hydrogens is 632 g/mol. The highest BCUT2D eigenvalue weighted by atomic mass is 16.5. The minimum absolute atomic E-state index is 0.111. The van der Waals surface area contributed by atoms with Gasteiger partial charge in [-0.1, -0.05) is 48.5 Å². The highest BCUT2D eigenvalue weighted by Crippen LogP contribution is 2.45. The normalized spacial score (nSPS) is 14.6.